The SMILES string of the molecule is CC(=O)Nc1ccc(NC(=O)[C@@H](C)Sc2nnc(C)n2Cc2ccccc2)cc1. The first-order valence-corrected chi connectivity index (χ1v) is 10.1. The van der Waals surface area contributed by atoms with Crippen LogP contribution in [0.15, 0.2) is 59.8 Å². The normalized spacial score (nSPS) is 11.7. The highest BCUT2D eigenvalue weighted by Crippen LogP contribution is 2.24. The molecule has 8 heteroatoms. The van der Waals surface area contributed by atoms with Gasteiger partial charge in [0.25, 0.3) is 0 Å². The van der Waals surface area contributed by atoms with Crippen LogP contribution in [0, 0.1) is 6.92 Å². The van der Waals surface area contributed by atoms with Gasteiger partial charge in [-0.3, -0.25) is 9.59 Å². The van der Waals surface area contributed by atoms with E-state index in [0.29, 0.717) is 23.1 Å². The maximum absolute atomic E-state index is 12.6. The Morgan fingerprint density at radius 2 is 1.62 bits per heavy atom. The molecule has 0 radical (unpaired) electrons. The Kier molecular flexibility index (Phi) is 6.66. The predicted octanol–water partition coefficient (Wildman–Crippen LogP) is 3.71. The van der Waals surface area contributed by atoms with Gasteiger partial charge < -0.3 is 15.2 Å². The van der Waals surface area contributed by atoms with Crippen LogP contribution in [0.25, 0.3) is 0 Å². The minimum absolute atomic E-state index is 0.130. The number of aromatic nitrogens is 3. The van der Waals surface area contributed by atoms with E-state index in [0.717, 1.165) is 11.4 Å². The van der Waals surface area contributed by atoms with Crippen molar-refractivity contribution in [3.05, 3.63) is 66.0 Å². The monoisotopic (exact) mass is 409 g/mol. The molecule has 0 aliphatic heterocycles. The van der Waals surface area contributed by atoms with Gasteiger partial charge in [-0.25, -0.2) is 0 Å². The van der Waals surface area contributed by atoms with Crippen molar-refractivity contribution < 1.29 is 9.59 Å². The Morgan fingerprint density at radius 3 is 2.24 bits per heavy atom. The largest absolute Gasteiger partial charge is 0.326 e. The summed E-state index contributed by atoms with van der Waals surface area (Å²) in [4.78, 5) is 23.7. The predicted molar refractivity (Wildman–Crippen MR) is 115 cm³/mol. The molecule has 1 atom stereocenters. The maximum Gasteiger partial charge on any atom is 0.237 e. The van der Waals surface area contributed by atoms with Crippen LogP contribution in [0.2, 0.25) is 0 Å². The molecule has 150 valence electrons. The van der Waals surface area contributed by atoms with Crippen LogP contribution in [-0.2, 0) is 16.1 Å². The van der Waals surface area contributed by atoms with Crippen LogP contribution < -0.4 is 10.6 Å². The van der Waals surface area contributed by atoms with Gasteiger partial charge in [-0.2, -0.15) is 0 Å². The quantitative estimate of drug-likeness (QED) is 0.581. The first-order valence-electron chi connectivity index (χ1n) is 9.21. The van der Waals surface area contributed by atoms with E-state index in [1.807, 2.05) is 36.6 Å². The zero-order chi connectivity index (χ0) is 20.8. The van der Waals surface area contributed by atoms with Gasteiger partial charge in [-0.05, 0) is 43.7 Å². The fourth-order valence-corrected chi connectivity index (χ4v) is 3.59. The standard InChI is InChI=1S/C21H23N5O2S/c1-14(20(28)23-19-11-9-18(10-12-19)22-16(3)27)29-21-25-24-15(2)26(21)13-17-7-5-4-6-8-17/h4-12,14H,13H2,1-3H3,(H,22,27)(H,23,28)/t14-/m1/s1. The molecule has 0 aliphatic rings. The molecule has 29 heavy (non-hydrogen) atoms. The van der Waals surface area contributed by atoms with Crippen LogP contribution >= 0.6 is 11.8 Å². The van der Waals surface area contributed by atoms with Crippen LogP contribution in [0.4, 0.5) is 11.4 Å². The lowest BCUT2D eigenvalue weighted by Gasteiger charge is -2.13. The van der Waals surface area contributed by atoms with Crippen molar-refractivity contribution in [3.8, 4) is 0 Å². The number of hydrogen-bond donors (Lipinski definition) is 2. The zero-order valence-corrected chi connectivity index (χ0v) is 17.4. The third-order valence-electron chi connectivity index (χ3n) is 4.21. The summed E-state index contributed by atoms with van der Waals surface area (Å²) in [5, 5.41) is 14.3. The molecule has 3 aromatic rings. The lowest BCUT2D eigenvalue weighted by Crippen LogP contribution is -2.23. The van der Waals surface area contributed by atoms with Gasteiger partial charge in [0.1, 0.15) is 5.82 Å². The smallest absolute Gasteiger partial charge is 0.237 e. The molecule has 0 saturated carbocycles. The van der Waals surface area contributed by atoms with Gasteiger partial charge in [-0.1, -0.05) is 42.1 Å². The molecule has 3 rings (SSSR count). The lowest BCUT2D eigenvalue weighted by molar-refractivity contribution is -0.115. The number of hydrogen-bond acceptors (Lipinski definition) is 5. The second-order valence-corrected chi connectivity index (χ2v) is 7.92. The van der Waals surface area contributed by atoms with E-state index in [9.17, 15) is 9.59 Å². The number of rotatable bonds is 7. The first kappa shape index (κ1) is 20.6. The average Bonchev–Trinajstić information content (AvgIpc) is 3.03. The van der Waals surface area contributed by atoms with Crippen LogP contribution in [0.1, 0.15) is 25.2 Å². The van der Waals surface area contributed by atoms with Gasteiger partial charge in [0.15, 0.2) is 5.16 Å². The molecule has 0 unspecified atom stereocenters. The van der Waals surface area contributed by atoms with Gasteiger partial charge in [-0.15, -0.1) is 10.2 Å². The number of nitrogens with one attached hydrogen (secondary N) is 2. The van der Waals surface area contributed by atoms with Crippen molar-refractivity contribution >= 4 is 35.0 Å². The number of anilines is 2. The highest BCUT2D eigenvalue weighted by Gasteiger charge is 2.19. The molecule has 0 fully saturated rings. The second-order valence-electron chi connectivity index (χ2n) is 6.61. The van der Waals surface area contributed by atoms with Crippen LogP contribution in [0.3, 0.4) is 0 Å². The second kappa shape index (κ2) is 9.38. The third kappa shape index (κ3) is 5.68. The van der Waals surface area contributed by atoms with E-state index in [2.05, 4.69) is 33.0 Å². The Labute approximate surface area is 173 Å². The molecule has 0 bridgehead atoms. The Balaban J connectivity index is 1.63. The molecule has 0 saturated heterocycles. The number of amides is 2. The molecule has 0 aliphatic carbocycles. The molecule has 1 heterocycles. The fraction of sp³-hybridized carbons (Fsp3) is 0.238. The topological polar surface area (TPSA) is 88.9 Å². The van der Waals surface area contributed by atoms with E-state index in [-0.39, 0.29) is 17.1 Å². The fourth-order valence-electron chi connectivity index (χ4n) is 2.69. The van der Waals surface area contributed by atoms with Crippen molar-refractivity contribution in [1.82, 2.24) is 14.8 Å². The summed E-state index contributed by atoms with van der Waals surface area (Å²) in [6, 6.07) is 17.1. The highest BCUT2D eigenvalue weighted by atomic mass is 32.2. The third-order valence-corrected chi connectivity index (χ3v) is 5.29. The Hall–Kier alpha value is -3.13. The molecule has 7 nitrogen and oxygen atoms in total. The molecule has 2 N–H and O–H groups in total. The lowest BCUT2D eigenvalue weighted by atomic mass is 10.2. The van der Waals surface area contributed by atoms with Crippen LogP contribution in [-0.4, -0.2) is 31.8 Å². The zero-order valence-electron chi connectivity index (χ0n) is 16.5. The van der Waals surface area contributed by atoms with E-state index >= 15 is 0 Å². The minimum Gasteiger partial charge on any atom is -0.326 e. The van der Waals surface area contributed by atoms with Crippen LogP contribution in [0.5, 0.6) is 0 Å². The number of carbonyl (C=O) groups is 2. The number of nitrogens with zero attached hydrogens (tertiary/aromatic N) is 3. The molecule has 0 spiro atoms. The summed E-state index contributed by atoms with van der Waals surface area (Å²) < 4.78 is 2.01. The van der Waals surface area contributed by atoms with Crippen molar-refractivity contribution in [2.75, 3.05) is 10.6 Å². The average molecular weight is 410 g/mol. The number of carbonyl (C=O) groups excluding carboxylic acids is 2. The van der Waals surface area contributed by atoms with Gasteiger partial charge in [0.05, 0.1) is 11.8 Å². The molecule has 2 amide bonds. The summed E-state index contributed by atoms with van der Waals surface area (Å²) in [6.07, 6.45) is 0. The summed E-state index contributed by atoms with van der Waals surface area (Å²) in [7, 11) is 0. The van der Waals surface area contributed by atoms with Crippen molar-refractivity contribution in [1.29, 1.82) is 0 Å². The van der Waals surface area contributed by atoms with Crippen molar-refractivity contribution in [2.45, 2.75) is 37.7 Å². The molecular weight excluding hydrogens is 386 g/mol. The first-order chi connectivity index (χ1) is 13.9. The summed E-state index contributed by atoms with van der Waals surface area (Å²) in [6.45, 7) is 5.84. The molecular formula is C21H23N5O2S. The van der Waals surface area contributed by atoms with E-state index in [1.165, 1.54) is 18.7 Å². The van der Waals surface area contributed by atoms with Crippen molar-refractivity contribution in [3.63, 3.8) is 0 Å². The Morgan fingerprint density at radius 1 is 1.00 bits per heavy atom. The maximum atomic E-state index is 12.6. The van der Waals surface area contributed by atoms with E-state index in [4.69, 9.17) is 0 Å². The summed E-state index contributed by atoms with van der Waals surface area (Å²) in [5.41, 5.74) is 2.49. The Bertz CT molecular complexity index is 986. The number of aryl methyl sites for hydroxylation is 1. The summed E-state index contributed by atoms with van der Waals surface area (Å²) in [5.74, 6) is 0.536. The minimum atomic E-state index is -0.358. The van der Waals surface area contributed by atoms with Gasteiger partial charge in [0.2, 0.25) is 11.8 Å². The molecule has 2 aromatic carbocycles. The number of thioether (sulfide) groups is 1. The molecule has 1 aromatic heterocycles. The highest BCUT2D eigenvalue weighted by molar-refractivity contribution is 8.00. The van der Waals surface area contributed by atoms with Gasteiger partial charge in [0, 0.05) is 18.3 Å². The van der Waals surface area contributed by atoms with Crippen molar-refractivity contribution in [2.24, 2.45) is 0 Å². The number of benzene rings is 2. The summed E-state index contributed by atoms with van der Waals surface area (Å²) >= 11 is 1.37. The van der Waals surface area contributed by atoms with E-state index in [1.54, 1.807) is 24.3 Å². The van der Waals surface area contributed by atoms with Gasteiger partial charge >= 0.3 is 0 Å². The van der Waals surface area contributed by atoms with E-state index < -0.39 is 0 Å².